The minimum absolute atomic E-state index is 0.136. The molecular weight excluding hydrogens is 202 g/mol. The minimum Gasteiger partial charge on any atom is -0.507 e. The van der Waals surface area contributed by atoms with Crippen LogP contribution < -0.4 is 5.32 Å². The van der Waals surface area contributed by atoms with Gasteiger partial charge in [-0.2, -0.15) is 0 Å². The lowest BCUT2D eigenvalue weighted by Crippen LogP contribution is -2.27. The number of aliphatic hydroxyl groups excluding tert-OH is 1. The second-order valence-electron chi connectivity index (χ2n) is 5.08. The van der Waals surface area contributed by atoms with Gasteiger partial charge in [0.1, 0.15) is 5.75 Å². The van der Waals surface area contributed by atoms with Crippen LogP contribution in [0, 0.1) is 19.3 Å². The van der Waals surface area contributed by atoms with Crippen LogP contribution in [0.15, 0.2) is 12.1 Å². The Kier molecular flexibility index (Phi) is 3.81. The average Bonchev–Trinajstić information content (AvgIpc) is 2.25. The summed E-state index contributed by atoms with van der Waals surface area (Å²) >= 11 is 0. The third-order valence-corrected chi connectivity index (χ3v) is 2.82. The average molecular weight is 223 g/mol. The van der Waals surface area contributed by atoms with Crippen LogP contribution in [-0.2, 0) is 0 Å². The van der Waals surface area contributed by atoms with Crippen LogP contribution in [0.2, 0.25) is 0 Å². The van der Waals surface area contributed by atoms with Crippen molar-refractivity contribution in [1.29, 1.82) is 0 Å². The first kappa shape index (κ1) is 12.8. The highest BCUT2D eigenvalue weighted by molar-refractivity contribution is 5.59. The first-order valence-electron chi connectivity index (χ1n) is 5.51. The van der Waals surface area contributed by atoms with Gasteiger partial charge in [0.2, 0.25) is 0 Å². The van der Waals surface area contributed by atoms with E-state index in [0.29, 0.717) is 12.3 Å². The van der Waals surface area contributed by atoms with E-state index in [1.54, 1.807) is 0 Å². The molecule has 0 atom stereocenters. The van der Waals surface area contributed by atoms with Crippen LogP contribution in [0.25, 0.3) is 0 Å². The highest BCUT2D eigenvalue weighted by Crippen LogP contribution is 2.28. The summed E-state index contributed by atoms with van der Waals surface area (Å²) in [5.41, 5.74) is 2.50. The Morgan fingerprint density at radius 2 is 1.88 bits per heavy atom. The summed E-state index contributed by atoms with van der Waals surface area (Å²) in [6.45, 7) is 8.55. The highest BCUT2D eigenvalue weighted by Gasteiger charge is 2.16. The van der Waals surface area contributed by atoms with E-state index in [0.717, 1.165) is 16.8 Å². The Labute approximate surface area is 97.1 Å². The van der Waals surface area contributed by atoms with Gasteiger partial charge < -0.3 is 15.5 Å². The third-order valence-electron chi connectivity index (χ3n) is 2.82. The molecule has 3 nitrogen and oxygen atoms in total. The van der Waals surface area contributed by atoms with Crippen molar-refractivity contribution in [3.05, 3.63) is 23.3 Å². The van der Waals surface area contributed by atoms with Crippen molar-refractivity contribution in [3.63, 3.8) is 0 Å². The van der Waals surface area contributed by atoms with Gasteiger partial charge in [0.25, 0.3) is 0 Å². The lowest BCUT2D eigenvalue weighted by molar-refractivity contribution is 0.171. The predicted molar refractivity (Wildman–Crippen MR) is 66.9 cm³/mol. The van der Waals surface area contributed by atoms with E-state index >= 15 is 0 Å². The van der Waals surface area contributed by atoms with Gasteiger partial charge in [0.05, 0.1) is 0 Å². The Hall–Kier alpha value is -1.22. The number of anilines is 1. The third kappa shape index (κ3) is 2.89. The lowest BCUT2D eigenvalue weighted by Gasteiger charge is -2.23. The van der Waals surface area contributed by atoms with Crippen LogP contribution in [0.5, 0.6) is 5.75 Å². The van der Waals surface area contributed by atoms with Gasteiger partial charge in [-0.1, -0.05) is 19.9 Å². The van der Waals surface area contributed by atoms with Gasteiger partial charge in [-0.3, -0.25) is 0 Å². The van der Waals surface area contributed by atoms with Crippen molar-refractivity contribution >= 4 is 5.69 Å². The molecule has 0 aromatic heterocycles. The molecule has 1 aromatic rings. The van der Waals surface area contributed by atoms with E-state index in [4.69, 9.17) is 5.11 Å². The minimum atomic E-state index is -0.160. The fraction of sp³-hybridized carbons (Fsp3) is 0.538. The van der Waals surface area contributed by atoms with Gasteiger partial charge in [0.15, 0.2) is 0 Å². The van der Waals surface area contributed by atoms with Crippen LogP contribution in [0.3, 0.4) is 0 Å². The molecule has 0 aliphatic heterocycles. The topological polar surface area (TPSA) is 52.5 Å². The molecule has 90 valence electrons. The van der Waals surface area contributed by atoms with Crippen LogP contribution >= 0.6 is 0 Å². The van der Waals surface area contributed by atoms with E-state index in [9.17, 15) is 5.11 Å². The van der Waals surface area contributed by atoms with E-state index in [2.05, 4.69) is 5.32 Å². The summed E-state index contributed by atoms with van der Waals surface area (Å²) in [6, 6.07) is 3.84. The van der Waals surface area contributed by atoms with Crippen LogP contribution in [0.4, 0.5) is 5.69 Å². The number of benzene rings is 1. The predicted octanol–water partition coefficient (Wildman–Crippen LogP) is 2.44. The van der Waals surface area contributed by atoms with Gasteiger partial charge >= 0.3 is 0 Å². The summed E-state index contributed by atoms with van der Waals surface area (Å²) in [4.78, 5) is 0. The zero-order chi connectivity index (χ0) is 12.3. The molecule has 0 unspecified atom stereocenters. The molecule has 1 aromatic carbocycles. The fourth-order valence-electron chi connectivity index (χ4n) is 1.42. The first-order chi connectivity index (χ1) is 7.37. The number of phenols is 1. The zero-order valence-electron chi connectivity index (χ0n) is 10.5. The molecule has 0 heterocycles. The quantitative estimate of drug-likeness (QED) is 0.735. The van der Waals surface area contributed by atoms with Gasteiger partial charge in [0, 0.05) is 29.8 Å². The van der Waals surface area contributed by atoms with Gasteiger partial charge in [-0.15, -0.1) is 0 Å². The number of aliphatic hydroxyl groups is 1. The molecule has 0 aliphatic rings. The van der Waals surface area contributed by atoms with E-state index in [1.165, 1.54) is 0 Å². The molecule has 3 heteroatoms. The molecule has 0 bridgehead atoms. The largest absolute Gasteiger partial charge is 0.507 e. The maximum atomic E-state index is 9.78. The van der Waals surface area contributed by atoms with E-state index in [1.807, 2.05) is 39.8 Å². The molecule has 1 rings (SSSR count). The summed E-state index contributed by atoms with van der Waals surface area (Å²) < 4.78 is 0. The molecule has 0 spiro atoms. The van der Waals surface area contributed by atoms with Crippen molar-refractivity contribution in [2.24, 2.45) is 5.41 Å². The van der Waals surface area contributed by atoms with E-state index in [-0.39, 0.29) is 12.0 Å². The standard InChI is InChI=1S/C13H21NO2/c1-9-5-6-11(10(2)12(9)16)14-7-13(3,4)8-15/h5-6,14-16H,7-8H2,1-4H3. The van der Waals surface area contributed by atoms with Crippen LogP contribution in [0.1, 0.15) is 25.0 Å². The SMILES string of the molecule is Cc1ccc(NCC(C)(C)CO)c(C)c1O. The van der Waals surface area contributed by atoms with Crippen molar-refractivity contribution in [1.82, 2.24) is 0 Å². The van der Waals surface area contributed by atoms with Crippen molar-refractivity contribution in [2.45, 2.75) is 27.7 Å². The smallest absolute Gasteiger partial charge is 0.123 e. The number of aryl methyl sites for hydroxylation is 1. The number of rotatable bonds is 4. The van der Waals surface area contributed by atoms with Crippen molar-refractivity contribution in [2.75, 3.05) is 18.5 Å². The first-order valence-corrected chi connectivity index (χ1v) is 5.51. The van der Waals surface area contributed by atoms with Crippen molar-refractivity contribution in [3.8, 4) is 5.75 Å². The summed E-state index contributed by atoms with van der Waals surface area (Å²) in [7, 11) is 0. The monoisotopic (exact) mass is 223 g/mol. The van der Waals surface area contributed by atoms with Gasteiger partial charge in [-0.25, -0.2) is 0 Å². The lowest BCUT2D eigenvalue weighted by atomic mass is 9.94. The summed E-state index contributed by atoms with van der Waals surface area (Å²) in [5, 5.41) is 22.2. The molecule has 0 aliphatic carbocycles. The second-order valence-corrected chi connectivity index (χ2v) is 5.08. The molecule has 0 fully saturated rings. The number of hydrogen-bond acceptors (Lipinski definition) is 3. The zero-order valence-corrected chi connectivity index (χ0v) is 10.5. The fourth-order valence-corrected chi connectivity index (χ4v) is 1.42. The number of hydrogen-bond donors (Lipinski definition) is 3. The van der Waals surface area contributed by atoms with Crippen LogP contribution in [-0.4, -0.2) is 23.4 Å². The molecule has 0 amide bonds. The number of aromatic hydroxyl groups is 1. The molecule has 3 N–H and O–H groups in total. The Morgan fingerprint density at radius 1 is 1.25 bits per heavy atom. The summed E-state index contributed by atoms with van der Waals surface area (Å²) in [6.07, 6.45) is 0. The molecule has 0 saturated carbocycles. The van der Waals surface area contributed by atoms with Crippen molar-refractivity contribution < 1.29 is 10.2 Å². The maximum Gasteiger partial charge on any atom is 0.123 e. The Morgan fingerprint density at radius 3 is 2.44 bits per heavy atom. The Bertz CT molecular complexity index is 372. The Balaban J connectivity index is 2.80. The normalized spacial score (nSPS) is 11.6. The molecule has 0 radical (unpaired) electrons. The highest BCUT2D eigenvalue weighted by atomic mass is 16.3. The maximum absolute atomic E-state index is 9.78. The molecule has 0 saturated heterocycles. The molecular formula is C13H21NO2. The van der Waals surface area contributed by atoms with Gasteiger partial charge in [-0.05, 0) is 25.5 Å². The summed E-state index contributed by atoms with van der Waals surface area (Å²) in [5.74, 6) is 0.340. The number of phenolic OH excluding ortho intramolecular Hbond substituents is 1. The number of nitrogens with one attached hydrogen (secondary N) is 1. The van der Waals surface area contributed by atoms with E-state index < -0.39 is 0 Å². The molecule has 16 heavy (non-hydrogen) atoms. The second kappa shape index (κ2) is 4.74.